The second kappa shape index (κ2) is 5.05. The van der Waals surface area contributed by atoms with Crippen molar-refractivity contribution in [3.63, 3.8) is 0 Å². The molecule has 2 nitrogen and oxygen atoms in total. The topological polar surface area (TPSA) is 38.0 Å². The number of nitrogens with two attached hydrogens (primary N) is 1. The highest BCUT2D eigenvalue weighted by atomic mass is 32.2. The van der Waals surface area contributed by atoms with E-state index in [9.17, 15) is 8.78 Å². The molecule has 14 heavy (non-hydrogen) atoms. The fourth-order valence-corrected chi connectivity index (χ4v) is 1.50. The minimum atomic E-state index is -0.728. The third-order valence-corrected chi connectivity index (χ3v) is 2.59. The summed E-state index contributed by atoms with van der Waals surface area (Å²) >= 11 is 1.37. The van der Waals surface area contributed by atoms with E-state index in [4.69, 9.17) is 5.73 Å². The number of anilines is 2. The number of hydrogen-bond acceptors (Lipinski definition) is 3. The Morgan fingerprint density at radius 2 is 2.14 bits per heavy atom. The van der Waals surface area contributed by atoms with E-state index in [0.717, 1.165) is 18.2 Å². The Kier molecular flexibility index (Phi) is 4.00. The summed E-state index contributed by atoms with van der Waals surface area (Å²) in [7, 11) is 0. The number of benzene rings is 1. The highest BCUT2D eigenvalue weighted by Crippen LogP contribution is 2.24. The van der Waals surface area contributed by atoms with E-state index >= 15 is 0 Å². The zero-order chi connectivity index (χ0) is 10.6. The number of hydrogen-bond donors (Lipinski definition) is 2. The molecule has 1 aromatic carbocycles. The molecule has 78 valence electrons. The molecule has 0 amide bonds. The fraction of sp³-hybridized carbons (Fsp3) is 0.333. The lowest BCUT2D eigenvalue weighted by atomic mass is 10.2. The molecule has 0 aliphatic rings. The van der Waals surface area contributed by atoms with Crippen LogP contribution in [0.1, 0.15) is 13.3 Å². The Morgan fingerprint density at radius 1 is 1.43 bits per heavy atom. The molecule has 0 heterocycles. The first-order chi connectivity index (χ1) is 6.66. The van der Waals surface area contributed by atoms with Gasteiger partial charge in [-0.3, -0.25) is 0 Å². The van der Waals surface area contributed by atoms with Crippen LogP contribution in [0.15, 0.2) is 12.1 Å². The minimum Gasteiger partial charge on any atom is -0.394 e. The molecule has 0 radical (unpaired) electrons. The molecule has 0 atom stereocenters. The van der Waals surface area contributed by atoms with Gasteiger partial charge in [-0.15, -0.1) is 0 Å². The summed E-state index contributed by atoms with van der Waals surface area (Å²) in [6, 6.07) is 2.48. The van der Waals surface area contributed by atoms with E-state index < -0.39 is 17.3 Å². The first kappa shape index (κ1) is 11.1. The van der Waals surface area contributed by atoms with Gasteiger partial charge in [0, 0.05) is 5.75 Å². The maximum atomic E-state index is 13.2. The predicted molar refractivity (Wildman–Crippen MR) is 57.1 cm³/mol. The molecule has 0 bridgehead atoms. The van der Waals surface area contributed by atoms with E-state index in [-0.39, 0.29) is 5.69 Å². The maximum absolute atomic E-state index is 13.2. The van der Waals surface area contributed by atoms with Gasteiger partial charge in [0.1, 0.15) is 11.5 Å². The molecule has 0 aromatic heterocycles. The highest BCUT2D eigenvalue weighted by Gasteiger charge is 2.09. The van der Waals surface area contributed by atoms with Gasteiger partial charge in [0.2, 0.25) is 0 Å². The second-order valence-electron chi connectivity index (χ2n) is 2.77. The molecule has 3 N–H and O–H groups in total. The van der Waals surface area contributed by atoms with E-state index in [1.54, 1.807) is 0 Å². The third-order valence-electron chi connectivity index (χ3n) is 1.61. The summed E-state index contributed by atoms with van der Waals surface area (Å²) in [4.78, 5) is 0. The standard InChI is InChI=1S/C9H12F2N2S/c1-2-5-14-13-7-4-3-6(10)9(12)8(7)11/h3-4,13H,2,5,12H2,1H3. The quantitative estimate of drug-likeness (QED) is 0.463. The zero-order valence-corrected chi connectivity index (χ0v) is 8.63. The predicted octanol–water partition coefficient (Wildman–Crippen LogP) is 3.02. The second-order valence-corrected chi connectivity index (χ2v) is 3.67. The average Bonchev–Trinajstić information content (AvgIpc) is 2.18. The molecule has 0 aliphatic heterocycles. The molecule has 0 fully saturated rings. The van der Waals surface area contributed by atoms with E-state index in [1.807, 2.05) is 6.92 Å². The maximum Gasteiger partial charge on any atom is 0.172 e. The van der Waals surface area contributed by atoms with E-state index in [0.29, 0.717) is 0 Å². The van der Waals surface area contributed by atoms with E-state index in [2.05, 4.69) is 4.72 Å². The Bertz CT molecular complexity index is 318. The van der Waals surface area contributed by atoms with Crippen molar-refractivity contribution in [3.8, 4) is 0 Å². The monoisotopic (exact) mass is 218 g/mol. The number of halogens is 2. The summed E-state index contributed by atoms with van der Waals surface area (Å²) in [5.74, 6) is -0.598. The molecular weight excluding hydrogens is 206 g/mol. The van der Waals surface area contributed by atoms with E-state index in [1.165, 1.54) is 18.0 Å². The molecule has 0 unspecified atom stereocenters. The molecule has 0 spiro atoms. The summed E-state index contributed by atoms with van der Waals surface area (Å²) in [5.41, 5.74) is 4.97. The van der Waals surface area contributed by atoms with Crippen molar-refractivity contribution in [1.82, 2.24) is 0 Å². The van der Waals surface area contributed by atoms with Gasteiger partial charge < -0.3 is 10.5 Å². The van der Waals surface area contributed by atoms with Crippen LogP contribution in [0.4, 0.5) is 20.2 Å². The zero-order valence-electron chi connectivity index (χ0n) is 7.81. The smallest absolute Gasteiger partial charge is 0.172 e. The first-order valence-electron chi connectivity index (χ1n) is 4.28. The number of nitrogen functional groups attached to an aromatic ring is 1. The van der Waals surface area contributed by atoms with Crippen molar-refractivity contribution in [2.75, 3.05) is 16.2 Å². The van der Waals surface area contributed by atoms with Gasteiger partial charge in [-0.1, -0.05) is 18.9 Å². The molecule has 0 saturated carbocycles. The first-order valence-corrected chi connectivity index (χ1v) is 5.26. The lowest BCUT2D eigenvalue weighted by Gasteiger charge is -2.07. The Balaban J connectivity index is 2.73. The average molecular weight is 218 g/mol. The van der Waals surface area contributed by atoms with Crippen molar-refractivity contribution < 1.29 is 8.78 Å². The third kappa shape index (κ3) is 2.51. The van der Waals surface area contributed by atoms with Crippen molar-refractivity contribution in [2.24, 2.45) is 0 Å². The van der Waals surface area contributed by atoms with Gasteiger partial charge in [0.15, 0.2) is 5.82 Å². The normalized spacial score (nSPS) is 10.2. The Hall–Kier alpha value is -0.970. The van der Waals surface area contributed by atoms with Crippen LogP contribution in [-0.4, -0.2) is 5.75 Å². The Morgan fingerprint density at radius 3 is 2.79 bits per heavy atom. The van der Waals surface area contributed by atoms with Crippen LogP contribution in [0.5, 0.6) is 0 Å². The van der Waals surface area contributed by atoms with Crippen LogP contribution in [0.3, 0.4) is 0 Å². The molecule has 0 aliphatic carbocycles. The summed E-state index contributed by atoms with van der Waals surface area (Å²) < 4.78 is 28.8. The molecule has 1 aromatic rings. The molecular formula is C9H12F2N2S. The number of nitrogens with one attached hydrogen (secondary N) is 1. The van der Waals surface area contributed by atoms with Gasteiger partial charge >= 0.3 is 0 Å². The summed E-state index contributed by atoms with van der Waals surface area (Å²) in [6.45, 7) is 2.02. The van der Waals surface area contributed by atoms with Crippen LogP contribution in [0.25, 0.3) is 0 Å². The van der Waals surface area contributed by atoms with Gasteiger partial charge in [0.25, 0.3) is 0 Å². The van der Waals surface area contributed by atoms with Crippen LogP contribution < -0.4 is 10.5 Å². The lowest BCUT2D eigenvalue weighted by molar-refractivity contribution is 0.595. The van der Waals surface area contributed by atoms with Crippen LogP contribution in [-0.2, 0) is 0 Å². The van der Waals surface area contributed by atoms with Gasteiger partial charge in [0.05, 0.1) is 5.69 Å². The Labute approximate surface area is 86.0 Å². The van der Waals surface area contributed by atoms with Crippen molar-refractivity contribution in [1.29, 1.82) is 0 Å². The summed E-state index contributed by atoms with van der Waals surface area (Å²) in [6.07, 6.45) is 0.982. The van der Waals surface area contributed by atoms with Crippen molar-refractivity contribution >= 4 is 23.3 Å². The molecule has 1 rings (SSSR count). The van der Waals surface area contributed by atoms with Crippen LogP contribution >= 0.6 is 11.9 Å². The van der Waals surface area contributed by atoms with Gasteiger partial charge in [-0.05, 0) is 18.6 Å². The van der Waals surface area contributed by atoms with Crippen LogP contribution in [0, 0.1) is 11.6 Å². The summed E-state index contributed by atoms with van der Waals surface area (Å²) in [5, 5.41) is 0. The van der Waals surface area contributed by atoms with Gasteiger partial charge in [-0.2, -0.15) is 0 Å². The molecule has 5 heteroatoms. The largest absolute Gasteiger partial charge is 0.394 e. The highest BCUT2D eigenvalue weighted by molar-refractivity contribution is 8.00. The SMILES string of the molecule is CCCSNc1ccc(F)c(N)c1F. The van der Waals surface area contributed by atoms with Crippen molar-refractivity contribution in [2.45, 2.75) is 13.3 Å². The van der Waals surface area contributed by atoms with Crippen LogP contribution in [0.2, 0.25) is 0 Å². The van der Waals surface area contributed by atoms with Gasteiger partial charge in [-0.25, -0.2) is 8.78 Å². The fourth-order valence-electron chi connectivity index (χ4n) is 0.879. The number of rotatable bonds is 4. The molecule has 0 saturated heterocycles. The minimum absolute atomic E-state index is 0.224. The van der Waals surface area contributed by atoms with Crippen molar-refractivity contribution in [3.05, 3.63) is 23.8 Å². The lowest BCUT2D eigenvalue weighted by Crippen LogP contribution is -1.99.